The number of ether oxygens (including phenoxy) is 3. The van der Waals surface area contributed by atoms with Gasteiger partial charge in [0.05, 0.1) is 5.56 Å². The summed E-state index contributed by atoms with van der Waals surface area (Å²) in [6.45, 7) is 4.52. The van der Waals surface area contributed by atoms with Gasteiger partial charge in [0, 0.05) is 12.6 Å². The highest BCUT2D eigenvalue weighted by molar-refractivity contribution is 5.89. The van der Waals surface area contributed by atoms with Crippen molar-refractivity contribution in [1.82, 2.24) is 10.6 Å². The normalized spacial score (nSPS) is 12.0. The van der Waals surface area contributed by atoms with Gasteiger partial charge >= 0.3 is 12.0 Å². The van der Waals surface area contributed by atoms with Crippen LogP contribution in [-0.4, -0.2) is 24.8 Å². The minimum Gasteiger partial charge on any atom is -0.457 e. The number of fused-ring (bicyclic) bond motifs is 1. The molecule has 1 aliphatic heterocycles. The van der Waals surface area contributed by atoms with Crippen LogP contribution in [0.4, 0.5) is 4.79 Å². The number of esters is 1. The number of benzene rings is 2. The summed E-state index contributed by atoms with van der Waals surface area (Å²) in [4.78, 5) is 23.8. The van der Waals surface area contributed by atoms with Gasteiger partial charge in [0.25, 0.3) is 0 Å². The number of hydrogen-bond acceptors (Lipinski definition) is 5. The zero-order valence-electron chi connectivity index (χ0n) is 15.3. The monoisotopic (exact) mass is 370 g/mol. The van der Waals surface area contributed by atoms with Crippen LogP contribution in [0.3, 0.4) is 0 Å². The Morgan fingerprint density at radius 2 is 1.74 bits per heavy atom. The van der Waals surface area contributed by atoms with Gasteiger partial charge in [0.1, 0.15) is 6.61 Å². The third-order valence-corrected chi connectivity index (χ3v) is 3.87. The molecule has 1 heterocycles. The zero-order chi connectivity index (χ0) is 19.2. The highest BCUT2D eigenvalue weighted by atomic mass is 16.7. The summed E-state index contributed by atoms with van der Waals surface area (Å²) in [6, 6.07) is 12.2. The maximum absolute atomic E-state index is 12.2. The van der Waals surface area contributed by atoms with E-state index < -0.39 is 5.97 Å². The first-order chi connectivity index (χ1) is 13.0. The van der Waals surface area contributed by atoms with Crippen molar-refractivity contribution in [3.63, 3.8) is 0 Å². The Bertz CT molecular complexity index is 818. The Hall–Kier alpha value is -3.22. The zero-order valence-corrected chi connectivity index (χ0v) is 15.3. The van der Waals surface area contributed by atoms with E-state index >= 15 is 0 Å². The summed E-state index contributed by atoms with van der Waals surface area (Å²) in [5, 5.41) is 5.51. The molecule has 0 saturated heterocycles. The molecule has 0 fully saturated rings. The molecule has 0 spiro atoms. The lowest BCUT2D eigenvalue weighted by molar-refractivity contribution is 0.0472. The first-order valence-corrected chi connectivity index (χ1v) is 8.70. The fraction of sp³-hybridized carbons (Fsp3) is 0.300. The smallest absolute Gasteiger partial charge is 0.338 e. The van der Waals surface area contributed by atoms with Gasteiger partial charge in [-0.25, -0.2) is 9.59 Å². The second-order valence-corrected chi connectivity index (χ2v) is 6.44. The average molecular weight is 370 g/mol. The molecule has 7 heteroatoms. The Kier molecular flexibility index (Phi) is 5.80. The fourth-order valence-electron chi connectivity index (χ4n) is 2.52. The van der Waals surface area contributed by atoms with E-state index in [0.29, 0.717) is 23.6 Å². The molecule has 1 aliphatic rings. The van der Waals surface area contributed by atoms with Crippen LogP contribution in [0.2, 0.25) is 0 Å². The van der Waals surface area contributed by atoms with Gasteiger partial charge in [-0.3, -0.25) is 0 Å². The predicted molar refractivity (Wildman–Crippen MR) is 98.6 cm³/mol. The minimum absolute atomic E-state index is 0.0758. The molecule has 0 atom stereocenters. The van der Waals surface area contributed by atoms with Crippen molar-refractivity contribution in [1.29, 1.82) is 0 Å². The fourth-order valence-corrected chi connectivity index (χ4v) is 2.52. The van der Waals surface area contributed by atoms with Gasteiger partial charge in [-0.1, -0.05) is 18.2 Å². The van der Waals surface area contributed by atoms with E-state index in [-0.39, 0.29) is 25.5 Å². The molecule has 2 amide bonds. The molecule has 0 radical (unpaired) electrons. The third kappa shape index (κ3) is 5.13. The largest absolute Gasteiger partial charge is 0.457 e. The van der Waals surface area contributed by atoms with Crippen molar-refractivity contribution in [3.05, 3.63) is 59.2 Å². The predicted octanol–water partition coefficient (Wildman–Crippen LogP) is 2.98. The molecule has 0 saturated carbocycles. The molecule has 2 aromatic carbocycles. The molecule has 142 valence electrons. The Morgan fingerprint density at radius 1 is 1.04 bits per heavy atom. The lowest BCUT2D eigenvalue weighted by Gasteiger charge is -2.10. The van der Waals surface area contributed by atoms with Crippen LogP contribution >= 0.6 is 0 Å². The van der Waals surface area contributed by atoms with Crippen LogP contribution in [0.25, 0.3) is 0 Å². The lowest BCUT2D eigenvalue weighted by Crippen LogP contribution is -2.39. The average Bonchev–Trinajstić information content (AvgIpc) is 3.12. The minimum atomic E-state index is -0.412. The molecule has 2 N–H and O–H groups in total. The van der Waals surface area contributed by atoms with Crippen LogP contribution in [-0.2, 0) is 17.9 Å². The van der Waals surface area contributed by atoms with E-state index in [9.17, 15) is 9.59 Å². The molecule has 0 aromatic heterocycles. The van der Waals surface area contributed by atoms with Crippen molar-refractivity contribution in [2.24, 2.45) is 0 Å². The summed E-state index contributed by atoms with van der Waals surface area (Å²) in [5.74, 6) is 0.933. The van der Waals surface area contributed by atoms with Crippen LogP contribution < -0.4 is 20.1 Å². The summed E-state index contributed by atoms with van der Waals surface area (Å²) >= 11 is 0. The number of urea groups is 1. The quantitative estimate of drug-likeness (QED) is 0.764. The van der Waals surface area contributed by atoms with E-state index in [1.807, 2.05) is 19.9 Å². The van der Waals surface area contributed by atoms with Crippen molar-refractivity contribution in [3.8, 4) is 11.5 Å². The molecule has 27 heavy (non-hydrogen) atoms. The Balaban J connectivity index is 1.49. The number of carbonyl (C=O) groups excluding carboxylic acids is 2. The van der Waals surface area contributed by atoms with E-state index in [4.69, 9.17) is 14.2 Å². The number of nitrogens with one attached hydrogen (secondary N) is 2. The van der Waals surface area contributed by atoms with Crippen LogP contribution in [0.15, 0.2) is 42.5 Å². The van der Waals surface area contributed by atoms with E-state index in [1.165, 1.54) is 0 Å². The number of rotatable bonds is 6. The SMILES string of the molecule is CC(C)NC(=O)NCc1ccc(C(=O)OCc2ccc3c(c2)OCO3)cc1. The topological polar surface area (TPSA) is 85.9 Å². The maximum Gasteiger partial charge on any atom is 0.338 e. The standard InChI is InChI=1S/C20H22N2O5/c1-13(2)22-20(24)21-10-14-3-6-16(7-4-14)19(23)25-11-15-5-8-17-18(9-15)27-12-26-17/h3-9,13H,10-12H2,1-2H3,(H2,21,22,24). The van der Waals surface area contributed by atoms with Crippen LogP contribution in [0.5, 0.6) is 11.5 Å². The number of hydrogen-bond donors (Lipinski definition) is 2. The Labute approximate surface area is 157 Å². The molecule has 2 aromatic rings. The Morgan fingerprint density at radius 3 is 2.48 bits per heavy atom. The number of carbonyl (C=O) groups is 2. The molecular formula is C20H22N2O5. The maximum atomic E-state index is 12.2. The van der Waals surface area contributed by atoms with Crippen LogP contribution in [0, 0.1) is 0 Å². The number of amides is 2. The lowest BCUT2D eigenvalue weighted by atomic mass is 10.1. The van der Waals surface area contributed by atoms with Gasteiger partial charge < -0.3 is 24.8 Å². The summed E-state index contributed by atoms with van der Waals surface area (Å²) in [5.41, 5.74) is 2.16. The highest BCUT2D eigenvalue weighted by Crippen LogP contribution is 2.32. The van der Waals surface area contributed by atoms with E-state index in [2.05, 4.69) is 10.6 Å². The molecule has 0 unspecified atom stereocenters. The van der Waals surface area contributed by atoms with Gasteiger partial charge in [-0.2, -0.15) is 0 Å². The second kappa shape index (κ2) is 8.44. The van der Waals surface area contributed by atoms with E-state index in [0.717, 1.165) is 11.1 Å². The first-order valence-electron chi connectivity index (χ1n) is 8.70. The van der Waals surface area contributed by atoms with Gasteiger partial charge in [0.15, 0.2) is 11.5 Å². The van der Waals surface area contributed by atoms with Crippen LogP contribution in [0.1, 0.15) is 35.3 Å². The van der Waals surface area contributed by atoms with E-state index in [1.54, 1.807) is 36.4 Å². The van der Waals surface area contributed by atoms with Gasteiger partial charge in [0.2, 0.25) is 6.79 Å². The molecular weight excluding hydrogens is 348 g/mol. The summed E-state index contributed by atoms with van der Waals surface area (Å²) < 4.78 is 15.9. The summed E-state index contributed by atoms with van der Waals surface area (Å²) in [6.07, 6.45) is 0. The van der Waals surface area contributed by atoms with Crippen molar-refractivity contribution < 1.29 is 23.8 Å². The van der Waals surface area contributed by atoms with Crippen molar-refractivity contribution in [2.75, 3.05) is 6.79 Å². The van der Waals surface area contributed by atoms with Gasteiger partial charge in [-0.15, -0.1) is 0 Å². The molecule has 0 bridgehead atoms. The van der Waals surface area contributed by atoms with Crippen molar-refractivity contribution in [2.45, 2.75) is 33.0 Å². The molecule has 3 rings (SSSR count). The van der Waals surface area contributed by atoms with Gasteiger partial charge in [-0.05, 0) is 49.2 Å². The second-order valence-electron chi connectivity index (χ2n) is 6.44. The molecule has 0 aliphatic carbocycles. The van der Waals surface area contributed by atoms with Crippen molar-refractivity contribution >= 4 is 12.0 Å². The first kappa shape index (κ1) is 18.6. The summed E-state index contributed by atoms with van der Waals surface area (Å²) in [7, 11) is 0. The molecule has 7 nitrogen and oxygen atoms in total. The highest BCUT2D eigenvalue weighted by Gasteiger charge is 2.14. The third-order valence-electron chi connectivity index (χ3n) is 3.87.